The molecule has 0 fully saturated rings. The summed E-state index contributed by atoms with van der Waals surface area (Å²) in [6.07, 6.45) is 10.2. The molecule has 32 heavy (non-hydrogen) atoms. The molecule has 2 aromatic carbocycles. The van der Waals surface area contributed by atoms with Crippen LogP contribution in [-0.2, 0) is 17.6 Å². The molecule has 0 saturated carbocycles. The van der Waals surface area contributed by atoms with Gasteiger partial charge in [-0.3, -0.25) is 0 Å². The molecule has 0 aliphatic heterocycles. The zero-order valence-electron chi connectivity index (χ0n) is 18.0. The highest BCUT2D eigenvalue weighted by atomic mass is 32.2. The zero-order chi connectivity index (χ0) is 22.6. The fourth-order valence-electron chi connectivity index (χ4n) is 3.65. The van der Waals surface area contributed by atoms with Gasteiger partial charge < -0.3 is 9.90 Å². The van der Waals surface area contributed by atoms with Crippen molar-refractivity contribution in [2.75, 3.05) is 0 Å². The molecule has 0 aliphatic rings. The summed E-state index contributed by atoms with van der Waals surface area (Å²) in [5, 5.41) is 16.1. The number of aryl methyl sites for hydroxylation is 2. The van der Waals surface area contributed by atoms with E-state index in [0.29, 0.717) is 4.34 Å². The smallest absolute Gasteiger partial charge is 0.367 e. The van der Waals surface area contributed by atoms with Gasteiger partial charge in [-0.2, -0.15) is 0 Å². The van der Waals surface area contributed by atoms with Gasteiger partial charge in [0.2, 0.25) is 5.01 Å². The Morgan fingerprint density at radius 1 is 0.906 bits per heavy atom. The average Bonchev–Trinajstić information content (AvgIpc) is 3.29. The lowest BCUT2D eigenvalue weighted by molar-refractivity contribution is -0.107. The molecule has 7 heteroatoms. The number of hydrogen-bond donors (Lipinski definition) is 1. The number of unbranched alkanes of at least 4 members (excludes halogenated alkanes) is 5. The molecule has 5 nitrogen and oxygen atoms in total. The minimum absolute atomic E-state index is 0.0609. The van der Waals surface area contributed by atoms with Crippen molar-refractivity contribution in [3.05, 3.63) is 76.3 Å². The highest BCUT2D eigenvalue weighted by Gasteiger charge is 2.19. The maximum atomic E-state index is 11.8. The Hall–Kier alpha value is -2.51. The SMILES string of the molecule is O=CC(Sc1nnc(C(=O)O)s1)c1ccccc1CCCCCCCCc1ccccc1. The lowest BCUT2D eigenvalue weighted by Crippen LogP contribution is -2.01. The summed E-state index contributed by atoms with van der Waals surface area (Å²) in [5.74, 6) is -1.10. The van der Waals surface area contributed by atoms with Gasteiger partial charge in [-0.15, -0.1) is 10.2 Å². The van der Waals surface area contributed by atoms with E-state index in [1.165, 1.54) is 55.0 Å². The van der Waals surface area contributed by atoms with E-state index in [-0.39, 0.29) is 5.01 Å². The number of carboxylic acids is 1. The molecule has 0 bridgehead atoms. The van der Waals surface area contributed by atoms with Crippen molar-refractivity contribution >= 4 is 35.4 Å². The van der Waals surface area contributed by atoms with Crippen LogP contribution in [0.2, 0.25) is 0 Å². The van der Waals surface area contributed by atoms with Crippen molar-refractivity contribution < 1.29 is 14.7 Å². The van der Waals surface area contributed by atoms with Gasteiger partial charge in [-0.1, -0.05) is 103 Å². The summed E-state index contributed by atoms with van der Waals surface area (Å²) in [6, 6.07) is 18.6. The highest BCUT2D eigenvalue weighted by molar-refractivity contribution is 8.01. The third-order valence-corrected chi connectivity index (χ3v) is 7.45. The zero-order valence-corrected chi connectivity index (χ0v) is 19.6. The number of benzene rings is 2. The van der Waals surface area contributed by atoms with E-state index in [0.717, 1.165) is 42.4 Å². The van der Waals surface area contributed by atoms with Crippen LogP contribution >= 0.6 is 23.1 Å². The molecule has 168 valence electrons. The van der Waals surface area contributed by atoms with E-state index in [1.807, 2.05) is 18.2 Å². The van der Waals surface area contributed by atoms with E-state index in [4.69, 9.17) is 5.11 Å². The van der Waals surface area contributed by atoms with Crippen molar-refractivity contribution in [3.63, 3.8) is 0 Å². The minimum atomic E-state index is -1.10. The number of nitrogens with zero attached hydrogens (tertiary/aromatic N) is 2. The lowest BCUT2D eigenvalue weighted by Gasteiger charge is -2.14. The van der Waals surface area contributed by atoms with E-state index in [1.54, 1.807) is 0 Å². The van der Waals surface area contributed by atoms with Gasteiger partial charge in [0.25, 0.3) is 0 Å². The summed E-state index contributed by atoms with van der Waals surface area (Å²) >= 11 is 2.26. The maximum Gasteiger partial charge on any atom is 0.367 e. The summed E-state index contributed by atoms with van der Waals surface area (Å²) < 4.78 is 0.491. The predicted molar refractivity (Wildman–Crippen MR) is 130 cm³/mol. The minimum Gasteiger partial charge on any atom is -0.476 e. The Bertz CT molecular complexity index is 992. The summed E-state index contributed by atoms with van der Waals surface area (Å²) in [6.45, 7) is 0. The molecule has 0 radical (unpaired) electrons. The lowest BCUT2D eigenvalue weighted by atomic mass is 9.98. The van der Waals surface area contributed by atoms with Crippen LogP contribution in [0.5, 0.6) is 0 Å². The Kier molecular flexibility index (Phi) is 9.91. The molecule has 0 saturated heterocycles. The molecule has 3 rings (SSSR count). The number of rotatable bonds is 14. The molecule has 0 spiro atoms. The van der Waals surface area contributed by atoms with Gasteiger partial charge in [0.1, 0.15) is 6.29 Å². The Morgan fingerprint density at radius 2 is 1.56 bits per heavy atom. The first-order valence-corrected chi connectivity index (χ1v) is 12.7. The van der Waals surface area contributed by atoms with Crippen LogP contribution in [-0.4, -0.2) is 27.6 Å². The van der Waals surface area contributed by atoms with E-state index >= 15 is 0 Å². The number of hydrogen-bond acceptors (Lipinski definition) is 6. The van der Waals surface area contributed by atoms with Crippen molar-refractivity contribution in [1.82, 2.24) is 10.2 Å². The monoisotopic (exact) mass is 468 g/mol. The molecule has 0 aliphatic carbocycles. The van der Waals surface area contributed by atoms with Crippen LogP contribution in [0.15, 0.2) is 58.9 Å². The van der Waals surface area contributed by atoms with Gasteiger partial charge in [0.15, 0.2) is 4.34 Å². The molecule has 1 heterocycles. The van der Waals surface area contributed by atoms with Crippen molar-refractivity contribution in [3.8, 4) is 0 Å². The second-order valence-corrected chi connectivity index (χ2v) is 10.0. The molecular weight excluding hydrogens is 440 g/mol. The van der Waals surface area contributed by atoms with E-state index in [2.05, 4.69) is 46.6 Å². The molecule has 3 aromatic rings. The van der Waals surface area contributed by atoms with Crippen LogP contribution < -0.4 is 0 Å². The number of aromatic nitrogens is 2. The van der Waals surface area contributed by atoms with Gasteiger partial charge in [-0.25, -0.2) is 4.79 Å². The quantitative estimate of drug-likeness (QED) is 0.168. The van der Waals surface area contributed by atoms with Crippen LogP contribution in [0.4, 0.5) is 0 Å². The Labute approximate surface area is 197 Å². The normalized spacial score (nSPS) is 11.9. The maximum absolute atomic E-state index is 11.8. The molecule has 1 N–H and O–H groups in total. The predicted octanol–water partition coefficient (Wildman–Crippen LogP) is 6.39. The number of carboxylic acid groups (broad SMARTS) is 1. The molecule has 1 unspecified atom stereocenters. The van der Waals surface area contributed by atoms with Crippen LogP contribution in [0, 0.1) is 0 Å². The first-order chi connectivity index (χ1) is 15.7. The van der Waals surface area contributed by atoms with Crippen LogP contribution in [0.3, 0.4) is 0 Å². The number of carbonyl (C=O) groups is 2. The van der Waals surface area contributed by atoms with E-state index in [9.17, 15) is 9.59 Å². The standard InChI is InChI=1S/C25H28N2O3S2/c28-18-22(31-25-27-26-23(32-25)24(29)30)21-17-11-10-16-20(21)15-9-4-2-1-3-6-12-19-13-7-5-8-14-19/h5,7-8,10-11,13-14,16-18,22H,1-4,6,9,12,15H2,(H,29,30). The molecule has 1 atom stereocenters. The fraction of sp³-hybridized carbons (Fsp3) is 0.360. The number of carbonyl (C=O) groups excluding carboxylic acids is 1. The molecule has 1 aromatic heterocycles. The van der Waals surface area contributed by atoms with Gasteiger partial charge >= 0.3 is 5.97 Å². The summed E-state index contributed by atoms with van der Waals surface area (Å²) in [7, 11) is 0. The molecule has 0 amide bonds. The molecular formula is C25H28N2O3S2. The third kappa shape index (κ3) is 7.57. The van der Waals surface area contributed by atoms with Crippen LogP contribution in [0.1, 0.15) is 70.3 Å². The van der Waals surface area contributed by atoms with E-state index < -0.39 is 11.2 Å². The van der Waals surface area contributed by atoms with Crippen molar-refractivity contribution in [2.24, 2.45) is 0 Å². The number of aromatic carboxylic acids is 1. The van der Waals surface area contributed by atoms with Crippen LogP contribution in [0.25, 0.3) is 0 Å². The number of thioether (sulfide) groups is 1. The first kappa shape index (κ1) is 24.1. The first-order valence-electron chi connectivity index (χ1n) is 11.0. The van der Waals surface area contributed by atoms with Gasteiger partial charge in [-0.05, 0) is 42.4 Å². The van der Waals surface area contributed by atoms with Crippen molar-refractivity contribution in [1.29, 1.82) is 0 Å². The fourth-order valence-corrected chi connectivity index (χ4v) is 5.53. The Balaban J connectivity index is 1.42. The summed E-state index contributed by atoms with van der Waals surface area (Å²) in [4.78, 5) is 22.8. The van der Waals surface area contributed by atoms with Crippen molar-refractivity contribution in [2.45, 2.75) is 61.0 Å². The largest absolute Gasteiger partial charge is 0.476 e. The van der Waals surface area contributed by atoms with Gasteiger partial charge in [0.05, 0.1) is 5.25 Å². The third-order valence-electron chi connectivity index (χ3n) is 5.31. The summed E-state index contributed by atoms with van der Waals surface area (Å²) in [5.41, 5.74) is 3.56. The van der Waals surface area contributed by atoms with Gasteiger partial charge in [0, 0.05) is 0 Å². The topological polar surface area (TPSA) is 80.2 Å². The number of aldehydes is 1. The highest BCUT2D eigenvalue weighted by Crippen LogP contribution is 2.37. The Morgan fingerprint density at radius 3 is 2.25 bits per heavy atom. The average molecular weight is 469 g/mol. The second kappa shape index (κ2) is 13.1. The second-order valence-electron chi connectivity index (χ2n) is 7.66.